The van der Waals surface area contributed by atoms with Crippen molar-refractivity contribution in [2.45, 2.75) is 57.4 Å². The predicted molar refractivity (Wildman–Crippen MR) is 101 cm³/mol. The molecular weight excluding hydrogens is 354 g/mol. The predicted octanol–water partition coefficient (Wildman–Crippen LogP) is 2.52. The Balaban J connectivity index is 1.75. The number of carboxylic acids is 1. The lowest BCUT2D eigenvalue weighted by molar-refractivity contribution is -0.138. The van der Waals surface area contributed by atoms with E-state index in [-0.39, 0.29) is 19.4 Å². The number of fused-ring (bicyclic) bond motifs is 1. The second-order valence-electron chi connectivity index (χ2n) is 7.05. The fourth-order valence-corrected chi connectivity index (χ4v) is 3.21. The maximum absolute atomic E-state index is 12.5. The lowest BCUT2D eigenvalue weighted by Crippen LogP contribution is -2.36. The van der Waals surface area contributed by atoms with Crippen molar-refractivity contribution in [3.63, 3.8) is 0 Å². The van der Waals surface area contributed by atoms with Crippen molar-refractivity contribution >= 4 is 11.8 Å². The van der Waals surface area contributed by atoms with Gasteiger partial charge in [0.15, 0.2) is 0 Å². The number of alkyl halides is 2. The Kier molecular flexibility index (Phi) is 8.87. The topological polar surface area (TPSA) is 91.5 Å². The van der Waals surface area contributed by atoms with Crippen LogP contribution in [0, 0.1) is 0 Å². The zero-order valence-electron chi connectivity index (χ0n) is 15.7. The first-order valence-electron chi connectivity index (χ1n) is 9.67. The first-order chi connectivity index (χ1) is 13.0. The zero-order valence-corrected chi connectivity index (χ0v) is 15.7. The number of hydrogen-bond acceptors (Lipinski definition) is 5. The van der Waals surface area contributed by atoms with Gasteiger partial charge in [-0.3, -0.25) is 4.79 Å². The Morgan fingerprint density at radius 3 is 2.78 bits per heavy atom. The van der Waals surface area contributed by atoms with E-state index in [0.717, 1.165) is 50.2 Å². The van der Waals surface area contributed by atoms with Crippen molar-refractivity contribution in [3.8, 4) is 0 Å². The van der Waals surface area contributed by atoms with Crippen molar-refractivity contribution < 1.29 is 18.7 Å². The van der Waals surface area contributed by atoms with Crippen LogP contribution in [0.3, 0.4) is 0 Å². The largest absolute Gasteiger partial charge is 0.480 e. The molecular formula is C19H30F2N4O2. The maximum Gasteiger partial charge on any atom is 0.320 e. The highest BCUT2D eigenvalue weighted by molar-refractivity contribution is 5.72. The van der Waals surface area contributed by atoms with E-state index < -0.39 is 18.4 Å². The van der Waals surface area contributed by atoms with Crippen molar-refractivity contribution in [2.75, 3.05) is 31.5 Å². The Bertz CT molecular complexity index is 601. The fourth-order valence-electron chi connectivity index (χ4n) is 3.21. The quantitative estimate of drug-likeness (QED) is 0.480. The van der Waals surface area contributed by atoms with Gasteiger partial charge < -0.3 is 21.1 Å². The van der Waals surface area contributed by atoms with Crippen molar-refractivity contribution in [1.82, 2.24) is 9.88 Å². The minimum atomic E-state index is -2.35. The molecule has 1 aromatic heterocycles. The van der Waals surface area contributed by atoms with Crippen molar-refractivity contribution in [2.24, 2.45) is 5.73 Å². The summed E-state index contributed by atoms with van der Waals surface area (Å²) in [7, 11) is 0. The minimum Gasteiger partial charge on any atom is -0.480 e. The molecule has 0 fully saturated rings. The van der Waals surface area contributed by atoms with Gasteiger partial charge in [0.1, 0.15) is 11.9 Å². The van der Waals surface area contributed by atoms with Crippen molar-refractivity contribution in [1.29, 1.82) is 0 Å². The number of nitrogens with two attached hydrogens (primary N) is 1. The highest BCUT2D eigenvalue weighted by atomic mass is 19.3. The molecule has 0 radical (unpaired) electrons. The third kappa shape index (κ3) is 7.76. The smallest absolute Gasteiger partial charge is 0.320 e. The zero-order chi connectivity index (χ0) is 19.6. The molecule has 2 rings (SSSR count). The van der Waals surface area contributed by atoms with Gasteiger partial charge in [0.2, 0.25) is 6.43 Å². The summed E-state index contributed by atoms with van der Waals surface area (Å²) >= 11 is 0. The van der Waals surface area contributed by atoms with Gasteiger partial charge in [-0.1, -0.05) is 6.07 Å². The van der Waals surface area contributed by atoms with E-state index >= 15 is 0 Å². The lowest BCUT2D eigenvalue weighted by Gasteiger charge is -2.23. The highest BCUT2D eigenvalue weighted by Crippen LogP contribution is 2.20. The third-order valence-corrected chi connectivity index (χ3v) is 4.85. The van der Waals surface area contributed by atoms with E-state index in [2.05, 4.69) is 22.4 Å². The molecule has 27 heavy (non-hydrogen) atoms. The number of nitrogens with one attached hydrogen (secondary N) is 1. The van der Waals surface area contributed by atoms with Crippen LogP contribution in [0.5, 0.6) is 0 Å². The van der Waals surface area contributed by atoms with Crippen LogP contribution in [-0.4, -0.2) is 59.6 Å². The van der Waals surface area contributed by atoms with E-state index in [0.29, 0.717) is 13.1 Å². The summed E-state index contributed by atoms with van der Waals surface area (Å²) in [5, 5.41) is 12.2. The number of halogens is 2. The number of aryl methyl sites for hydroxylation is 2. The number of anilines is 1. The van der Waals surface area contributed by atoms with Crippen LogP contribution < -0.4 is 11.1 Å². The molecule has 1 aliphatic heterocycles. The number of carboxylic acid groups (broad SMARTS) is 1. The molecule has 0 saturated heterocycles. The van der Waals surface area contributed by atoms with Gasteiger partial charge in [0.05, 0.1) is 0 Å². The normalized spacial score (nSPS) is 14.9. The average Bonchev–Trinajstić information content (AvgIpc) is 2.65. The van der Waals surface area contributed by atoms with E-state index in [1.165, 1.54) is 5.56 Å². The molecule has 2 heterocycles. The summed E-state index contributed by atoms with van der Waals surface area (Å²) in [6.45, 7) is 2.29. The Morgan fingerprint density at radius 2 is 2.04 bits per heavy atom. The summed E-state index contributed by atoms with van der Waals surface area (Å²) in [6.07, 6.45) is 2.48. The summed E-state index contributed by atoms with van der Waals surface area (Å²) in [5.41, 5.74) is 7.82. The monoisotopic (exact) mass is 384 g/mol. The lowest BCUT2D eigenvalue weighted by atomic mass is 10.1. The molecule has 0 amide bonds. The number of aliphatic carboxylic acids is 1. The first-order valence-corrected chi connectivity index (χ1v) is 9.67. The van der Waals surface area contributed by atoms with E-state index in [1.807, 2.05) is 4.90 Å². The number of aromatic nitrogens is 1. The number of unbranched alkanes of at least 4 members (excludes halogenated alkanes) is 1. The summed E-state index contributed by atoms with van der Waals surface area (Å²) in [5.74, 6) is -0.0733. The number of carbonyl (C=O) groups is 1. The molecule has 6 nitrogen and oxygen atoms in total. The molecule has 0 unspecified atom stereocenters. The number of hydrogen-bond donors (Lipinski definition) is 3. The van der Waals surface area contributed by atoms with Crippen LogP contribution in [0.1, 0.15) is 43.4 Å². The second kappa shape index (κ2) is 11.1. The van der Waals surface area contributed by atoms with E-state index in [1.54, 1.807) is 0 Å². The van der Waals surface area contributed by atoms with Crippen LogP contribution >= 0.6 is 0 Å². The minimum absolute atomic E-state index is 0.208. The van der Waals surface area contributed by atoms with Gasteiger partial charge in [-0.15, -0.1) is 0 Å². The van der Waals surface area contributed by atoms with Crippen molar-refractivity contribution in [3.05, 3.63) is 23.4 Å². The number of pyridine rings is 1. The molecule has 8 heteroatoms. The fraction of sp³-hybridized carbons (Fsp3) is 0.684. The second-order valence-corrected chi connectivity index (χ2v) is 7.05. The molecule has 1 aromatic rings. The van der Waals surface area contributed by atoms with Crippen LogP contribution in [0.15, 0.2) is 12.1 Å². The summed E-state index contributed by atoms with van der Waals surface area (Å²) in [4.78, 5) is 17.4. The summed E-state index contributed by atoms with van der Waals surface area (Å²) in [6, 6.07) is 3.24. The number of nitrogens with zero attached hydrogens (tertiary/aromatic N) is 2. The Morgan fingerprint density at radius 1 is 1.26 bits per heavy atom. The Labute approximate surface area is 159 Å². The molecule has 1 atom stereocenters. The van der Waals surface area contributed by atoms with Gasteiger partial charge in [0, 0.05) is 31.7 Å². The summed E-state index contributed by atoms with van der Waals surface area (Å²) < 4.78 is 25.0. The van der Waals surface area contributed by atoms with Crippen LogP contribution in [0.2, 0.25) is 0 Å². The van der Waals surface area contributed by atoms with Gasteiger partial charge >= 0.3 is 5.97 Å². The van der Waals surface area contributed by atoms with Crippen LogP contribution in [-0.2, 0) is 17.6 Å². The van der Waals surface area contributed by atoms with Crippen LogP contribution in [0.25, 0.3) is 0 Å². The average molecular weight is 384 g/mol. The molecule has 0 aromatic carbocycles. The molecule has 0 spiro atoms. The van der Waals surface area contributed by atoms with Gasteiger partial charge in [-0.2, -0.15) is 0 Å². The standard InChI is InChI=1S/C19H30F2N4O2/c20-17(21)9-13-25(12-8-16(22)19(26)27)11-2-1-5-15-7-6-14-4-3-10-23-18(14)24-15/h6-7,16-17H,1-5,8-13,22H2,(H,23,24)(H,26,27)/t16-/m0/s1. The molecule has 152 valence electrons. The number of rotatable bonds is 12. The van der Waals surface area contributed by atoms with Gasteiger partial charge in [-0.25, -0.2) is 13.8 Å². The molecule has 0 aliphatic carbocycles. The van der Waals surface area contributed by atoms with Gasteiger partial charge in [-0.05, 0) is 56.7 Å². The molecule has 4 N–H and O–H groups in total. The maximum atomic E-state index is 12.5. The third-order valence-electron chi connectivity index (χ3n) is 4.85. The highest BCUT2D eigenvalue weighted by Gasteiger charge is 2.15. The Hall–Kier alpha value is -1.80. The molecule has 0 bridgehead atoms. The SMILES string of the molecule is N[C@@H](CCN(CCCCc1ccc2c(n1)NCCC2)CCC(F)F)C(=O)O. The first kappa shape index (κ1) is 21.5. The van der Waals surface area contributed by atoms with E-state index in [4.69, 9.17) is 10.8 Å². The van der Waals surface area contributed by atoms with Gasteiger partial charge in [0.25, 0.3) is 0 Å². The molecule has 1 aliphatic rings. The van der Waals surface area contributed by atoms with Crippen LogP contribution in [0.4, 0.5) is 14.6 Å². The molecule has 0 saturated carbocycles. The van der Waals surface area contributed by atoms with E-state index in [9.17, 15) is 13.6 Å².